The summed E-state index contributed by atoms with van der Waals surface area (Å²) < 4.78 is 0. The number of nitrogens with one attached hydrogen (secondary N) is 1. The van der Waals surface area contributed by atoms with Gasteiger partial charge in [-0.2, -0.15) is 0 Å². The average Bonchev–Trinajstić information content (AvgIpc) is 3.59. The molecule has 36 heavy (non-hydrogen) atoms. The monoisotopic (exact) mass is 485 g/mol. The lowest BCUT2D eigenvalue weighted by molar-refractivity contribution is -0.122. The van der Waals surface area contributed by atoms with Crippen LogP contribution in [0.25, 0.3) is 0 Å². The number of benzene rings is 2. The van der Waals surface area contributed by atoms with E-state index in [0.717, 1.165) is 49.3 Å². The van der Waals surface area contributed by atoms with Crippen molar-refractivity contribution in [3.63, 3.8) is 0 Å². The van der Waals surface area contributed by atoms with E-state index in [1.165, 1.54) is 36.8 Å². The zero-order chi connectivity index (χ0) is 25.1. The Morgan fingerprint density at radius 2 is 1.69 bits per heavy atom. The first kappa shape index (κ1) is 24.8. The summed E-state index contributed by atoms with van der Waals surface area (Å²) in [4.78, 5) is 30.5. The van der Waals surface area contributed by atoms with Crippen molar-refractivity contribution in [2.75, 3.05) is 26.2 Å². The molecule has 1 unspecified atom stereocenters. The van der Waals surface area contributed by atoms with E-state index in [1.54, 1.807) is 0 Å². The minimum atomic E-state index is 0.0385. The van der Waals surface area contributed by atoms with E-state index in [1.807, 2.05) is 43.0 Å². The Morgan fingerprint density at radius 1 is 0.972 bits per heavy atom. The molecule has 190 valence electrons. The molecule has 2 aliphatic heterocycles. The molecule has 1 N–H and O–H groups in total. The molecule has 0 spiro atoms. The maximum atomic E-state index is 13.2. The lowest BCUT2D eigenvalue weighted by atomic mass is 10.0. The van der Waals surface area contributed by atoms with E-state index in [4.69, 9.17) is 0 Å². The second kappa shape index (κ2) is 11.0. The number of carbonyl (C=O) groups excluding carboxylic acids is 2. The van der Waals surface area contributed by atoms with Crippen LogP contribution in [0.5, 0.6) is 0 Å². The molecule has 5 rings (SSSR count). The fourth-order valence-corrected chi connectivity index (χ4v) is 6.35. The first-order chi connectivity index (χ1) is 17.5. The van der Waals surface area contributed by atoms with Gasteiger partial charge in [0.2, 0.25) is 5.91 Å². The minimum Gasteiger partial charge on any atom is -0.349 e. The highest BCUT2D eigenvalue weighted by atomic mass is 16.2. The summed E-state index contributed by atoms with van der Waals surface area (Å²) in [5, 5.41) is 3.35. The normalized spacial score (nSPS) is 20.9. The first-order valence-corrected chi connectivity index (χ1v) is 13.6. The third-order valence-corrected chi connectivity index (χ3v) is 8.32. The van der Waals surface area contributed by atoms with E-state index in [9.17, 15) is 9.59 Å². The van der Waals surface area contributed by atoms with Gasteiger partial charge < -0.3 is 10.2 Å². The Hall–Kier alpha value is -2.92. The van der Waals surface area contributed by atoms with Crippen LogP contribution >= 0.6 is 0 Å². The van der Waals surface area contributed by atoms with Gasteiger partial charge in [0.25, 0.3) is 5.91 Å². The number of hydrogen-bond donors (Lipinski definition) is 1. The standard InChI is InChI=1S/C31H39N3O2/c1-22-9-8-10-23(2)30(22)31(36)34-20-26-18-33(19-27(26)21-34)16-15-28(25-13-4-3-5-14-25)32-29(35)17-24-11-6-7-12-24/h3-5,8-10,13-14,20,24,27-28H,6-7,11-12,15-19,21H2,1-2H3,(H,32,35)/t27?,28-/m0/s1. The Morgan fingerprint density at radius 3 is 2.39 bits per heavy atom. The molecular formula is C31H39N3O2. The van der Waals surface area contributed by atoms with E-state index in [2.05, 4.69) is 40.7 Å². The fourth-order valence-electron chi connectivity index (χ4n) is 6.35. The van der Waals surface area contributed by atoms with Gasteiger partial charge in [-0.25, -0.2) is 0 Å². The summed E-state index contributed by atoms with van der Waals surface area (Å²) in [5.41, 5.74) is 5.46. The SMILES string of the molecule is Cc1cccc(C)c1C(=O)N1C=C2CN(CC[C@H](NC(=O)CC3CCCC3)c3ccccc3)CC2C1. The van der Waals surface area contributed by atoms with Crippen LogP contribution in [-0.2, 0) is 4.79 Å². The summed E-state index contributed by atoms with van der Waals surface area (Å²) in [6.45, 7) is 7.60. The molecule has 3 aliphatic rings. The van der Waals surface area contributed by atoms with Gasteiger partial charge in [0.15, 0.2) is 0 Å². The minimum absolute atomic E-state index is 0.0385. The van der Waals surface area contributed by atoms with Crippen LogP contribution in [0.4, 0.5) is 0 Å². The largest absolute Gasteiger partial charge is 0.349 e. The number of likely N-dealkylation sites (tertiary alicyclic amines) is 1. The van der Waals surface area contributed by atoms with Crippen LogP contribution in [0.3, 0.4) is 0 Å². The van der Waals surface area contributed by atoms with E-state index >= 15 is 0 Å². The lowest BCUT2D eigenvalue weighted by Gasteiger charge is -2.24. The van der Waals surface area contributed by atoms with Crippen molar-refractivity contribution >= 4 is 11.8 Å². The van der Waals surface area contributed by atoms with Crippen LogP contribution < -0.4 is 5.32 Å². The maximum absolute atomic E-state index is 13.2. The molecule has 0 bridgehead atoms. The molecule has 5 nitrogen and oxygen atoms in total. The number of aryl methyl sites for hydroxylation is 2. The van der Waals surface area contributed by atoms with Gasteiger partial charge in [-0.05, 0) is 61.3 Å². The van der Waals surface area contributed by atoms with Gasteiger partial charge in [-0.3, -0.25) is 14.5 Å². The molecule has 1 aliphatic carbocycles. The van der Waals surface area contributed by atoms with Gasteiger partial charge in [0.1, 0.15) is 0 Å². The van der Waals surface area contributed by atoms with Crippen molar-refractivity contribution in [2.45, 2.75) is 58.4 Å². The number of rotatable bonds is 8. The van der Waals surface area contributed by atoms with E-state index < -0.39 is 0 Å². The zero-order valence-electron chi connectivity index (χ0n) is 21.7. The topological polar surface area (TPSA) is 52.7 Å². The third-order valence-electron chi connectivity index (χ3n) is 8.32. The first-order valence-electron chi connectivity index (χ1n) is 13.6. The second-order valence-corrected chi connectivity index (χ2v) is 11.0. The quantitative estimate of drug-likeness (QED) is 0.545. The molecule has 1 saturated carbocycles. The van der Waals surface area contributed by atoms with E-state index in [-0.39, 0.29) is 17.9 Å². The molecule has 1 saturated heterocycles. The van der Waals surface area contributed by atoms with Crippen LogP contribution in [0.15, 0.2) is 60.3 Å². The maximum Gasteiger partial charge on any atom is 0.258 e. The van der Waals surface area contributed by atoms with Crippen molar-refractivity contribution in [3.8, 4) is 0 Å². The van der Waals surface area contributed by atoms with Crippen molar-refractivity contribution in [3.05, 3.63) is 82.6 Å². The Labute approximate surface area is 215 Å². The van der Waals surface area contributed by atoms with Gasteiger partial charge in [-0.1, -0.05) is 61.4 Å². The van der Waals surface area contributed by atoms with Crippen molar-refractivity contribution < 1.29 is 9.59 Å². The zero-order valence-corrected chi connectivity index (χ0v) is 21.7. The Bertz CT molecular complexity index is 1100. The Balaban J connectivity index is 1.18. The summed E-state index contributed by atoms with van der Waals surface area (Å²) in [5.74, 6) is 1.27. The number of nitrogens with zero attached hydrogens (tertiary/aromatic N) is 2. The molecule has 2 heterocycles. The summed E-state index contributed by atoms with van der Waals surface area (Å²) in [7, 11) is 0. The molecule has 2 fully saturated rings. The van der Waals surface area contributed by atoms with Gasteiger partial charge in [0.05, 0.1) is 6.04 Å². The summed E-state index contributed by atoms with van der Waals surface area (Å²) in [6.07, 6.45) is 8.56. The predicted molar refractivity (Wildman–Crippen MR) is 143 cm³/mol. The molecule has 0 aromatic heterocycles. The summed E-state index contributed by atoms with van der Waals surface area (Å²) in [6, 6.07) is 16.5. The summed E-state index contributed by atoms with van der Waals surface area (Å²) >= 11 is 0. The number of amides is 2. The smallest absolute Gasteiger partial charge is 0.258 e. The van der Waals surface area contributed by atoms with Crippen molar-refractivity contribution in [1.29, 1.82) is 0 Å². The highest BCUT2D eigenvalue weighted by Gasteiger charge is 2.36. The predicted octanol–water partition coefficient (Wildman–Crippen LogP) is 5.40. The number of fused-ring (bicyclic) bond motifs is 1. The lowest BCUT2D eigenvalue weighted by Crippen LogP contribution is -2.34. The average molecular weight is 486 g/mol. The fraction of sp³-hybridized carbons (Fsp3) is 0.484. The third kappa shape index (κ3) is 5.57. The highest BCUT2D eigenvalue weighted by molar-refractivity contribution is 5.98. The van der Waals surface area contributed by atoms with Gasteiger partial charge in [-0.15, -0.1) is 0 Å². The number of carbonyl (C=O) groups is 2. The van der Waals surface area contributed by atoms with Crippen molar-refractivity contribution in [2.24, 2.45) is 11.8 Å². The molecule has 2 aromatic carbocycles. The second-order valence-electron chi connectivity index (χ2n) is 11.0. The van der Waals surface area contributed by atoms with Crippen molar-refractivity contribution in [1.82, 2.24) is 15.1 Å². The number of hydrogen-bond acceptors (Lipinski definition) is 3. The van der Waals surface area contributed by atoms with Crippen LogP contribution in [0, 0.1) is 25.7 Å². The molecule has 2 amide bonds. The van der Waals surface area contributed by atoms with Gasteiger partial charge >= 0.3 is 0 Å². The van der Waals surface area contributed by atoms with E-state index in [0.29, 0.717) is 18.3 Å². The molecule has 2 atom stereocenters. The van der Waals surface area contributed by atoms with Crippen LogP contribution in [-0.4, -0.2) is 47.8 Å². The molecular weight excluding hydrogens is 446 g/mol. The Kier molecular flexibility index (Phi) is 7.56. The highest BCUT2D eigenvalue weighted by Crippen LogP contribution is 2.32. The van der Waals surface area contributed by atoms with Crippen LogP contribution in [0.1, 0.15) is 71.6 Å². The van der Waals surface area contributed by atoms with Gasteiger partial charge in [0, 0.05) is 50.3 Å². The van der Waals surface area contributed by atoms with Crippen LogP contribution in [0.2, 0.25) is 0 Å². The molecule has 5 heteroatoms. The molecule has 0 radical (unpaired) electrons. The molecule has 2 aromatic rings.